The molecule has 0 amide bonds. The summed E-state index contributed by atoms with van der Waals surface area (Å²) in [6.45, 7) is 3.63. The predicted molar refractivity (Wildman–Crippen MR) is 224 cm³/mol. The summed E-state index contributed by atoms with van der Waals surface area (Å²) in [5.74, 6) is -1.99. The van der Waals surface area contributed by atoms with Gasteiger partial charge < -0.3 is 34.3 Å². The second-order valence-corrected chi connectivity index (χ2v) is 16.8. The zero-order valence-corrected chi connectivity index (χ0v) is 36.0. The average molecular weight is 831 g/mol. The van der Waals surface area contributed by atoms with Crippen LogP contribution in [0.5, 0.6) is 0 Å². The van der Waals surface area contributed by atoms with Crippen LogP contribution in [0.1, 0.15) is 174 Å². The number of hydrogen-bond acceptors (Lipinski definition) is 11. The Balaban J connectivity index is 2.46. The van der Waals surface area contributed by atoms with Gasteiger partial charge in [0.25, 0.3) is 10.1 Å². The number of aliphatic hydroxyl groups is 3. The number of aliphatic hydroxyl groups excluding tert-OH is 3. The number of rotatable bonds is 36. The molecule has 12 nitrogen and oxygen atoms in total. The van der Waals surface area contributed by atoms with Gasteiger partial charge in [-0.05, 0) is 44.9 Å². The fourth-order valence-electron chi connectivity index (χ4n) is 6.57. The van der Waals surface area contributed by atoms with Crippen molar-refractivity contribution in [3.05, 3.63) is 36.5 Å². The number of ether oxygens (including phenoxy) is 4. The van der Waals surface area contributed by atoms with Crippen molar-refractivity contribution in [2.24, 2.45) is 0 Å². The van der Waals surface area contributed by atoms with Crippen molar-refractivity contribution in [3.8, 4) is 0 Å². The molecule has 0 spiro atoms. The quantitative estimate of drug-likeness (QED) is 0.0204. The van der Waals surface area contributed by atoms with Gasteiger partial charge in [-0.2, -0.15) is 8.42 Å². The van der Waals surface area contributed by atoms with Crippen molar-refractivity contribution in [1.29, 1.82) is 0 Å². The Kier molecular flexibility index (Phi) is 32.2. The monoisotopic (exact) mass is 831 g/mol. The molecule has 1 aliphatic rings. The fraction of sp³-hybridized carbons (Fsp3) is 0.818. The molecule has 1 saturated heterocycles. The molecule has 0 aromatic rings. The van der Waals surface area contributed by atoms with Gasteiger partial charge in [-0.15, -0.1) is 0 Å². The first kappa shape index (κ1) is 52.9. The lowest BCUT2D eigenvalue weighted by Gasteiger charge is -2.40. The van der Waals surface area contributed by atoms with Gasteiger partial charge in [0.05, 0.1) is 6.61 Å². The second-order valence-electron chi connectivity index (χ2n) is 15.3. The van der Waals surface area contributed by atoms with E-state index in [-0.39, 0.29) is 19.4 Å². The molecule has 57 heavy (non-hydrogen) atoms. The van der Waals surface area contributed by atoms with Crippen LogP contribution in [0.25, 0.3) is 0 Å². The summed E-state index contributed by atoms with van der Waals surface area (Å²) in [5, 5.41) is 30.8. The largest absolute Gasteiger partial charge is 0.462 e. The van der Waals surface area contributed by atoms with Crippen molar-refractivity contribution >= 4 is 22.1 Å². The molecule has 0 radical (unpaired) electrons. The third-order valence-electron chi connectivity index (χ3n) is 9.98. The maximum absolute atomic E-state index is 12.8. The molecular formula is C44H78O12S. The highest BCUT2D eigenvalue weighted by atomic mass is 32.2. The predicted octanol–water partition coefficient (Wildman–Crippen LogP) is 8.61. The Morgan fingerprint density at radius 3 is 1.65 bits per heavy atom. The highest BCUT2D eigenvalue weighted by Crippen LogP contribution is 2.24. The number of hydrogen-bond donors (Lipinski definition) is 4. The van der Waals surface area contributed by atoms with E-state index < -0.39 is 71.2 Å². The van der Waals surface area contributed by atoms with Crippen LogP contribution < -0.4 is 0 Å². The van der Waals surface area contributed by atoms with E-state index in [1.54, 1.807) is 0 Å². The molecule has 0 aromatic heterocycles. The normalized spacial score (nSPS) is 20.8. The molecule has 6 unspecified atom stereocenters. The van der Waals surface area contributed by atoms with Crippen LogP contribution in [-0.4, -0.2) is 96.0 Å². The van der Waals surface area contributed by atoms with E-state index in [1.165, 1.54) is 51.4 Å². The summed E-state index contributed by atoms with van der Waals surface area (Å²) in [7, 11) is -4.60. The van der Waals surface area contributed by atoms with E-state index in [0.717, 1.165) is 83.5 Å². The topological polar surface area (TPSA) is 186 Å². The maximum Gasteiger partial charge on any atom is 0.306 e. The number of allylic oxidation sites excluding steroid dienone is 6. The maximum atomic E-state index is 12.8. The minimum Gasteiger partial charge on any atom is -0.462 e. The molecule has 0 aliphatic carbocycles. The molecule has 13 heteroatoms. The van der Waals surface area contributed by atoms with Crippen molar-refractivity contribution < 1.29 is 56.8 Å². The third-order valence-corrected chi connectivity index (χ3v) is 10.7. The van der Waals surface area contributed by atoms with Gasteiger partial charge >= 0.3 is 11.9 Å². The molecule has 1 fully saturated rings. The van der Waals surface area contributed by atoms with E-state index in [9.17, 15) is 37.9 Å². The highest BCUT2D eigenvalue weighted by Gasteiger charge is 2.46. The summed E-state index contributed by atoms with van der Waals surface area (Å²) in [5.41, 5.74) is 0. The van der Waals surface area contributed by atoms with Crippen molar-refractivity contribution in [2.75, 3.05) is 19.0 Å². The van der Waals surface area contributed by atoms with Gasteiger partial charge in [-0.3, -0.25) is 14.1 Å². The average Bonchev–Trinajstić information content (AvgIpc) is 3.17. The molecule has 4 N–H and O–H groups in total. The molecule has 0 aromatic carbocycles. The van der Waals surface area contributed by atoms with Gasteiger partial charge in [0.15, 0.2) is 12.4 Å². The fourth-order valence-corrected chi connectivity index (χ4v) is 7.26. The first-order valence-corrected chi connectivity index (χ1v) is 23.7. The van der Waals surface area contributed by atoms with Crippen molar-refractivity contribution in [1.82, 2.24) is 0 Å². The lowest BCUT2D eigenvalue weighted by atomic mass is 10.00. The standard InChI is InChI=1S/C44H78O12S/c1-3-5-7-9-11-13-15-17-18-19-20-21-23-25-27-29-31-33-40(46)55-37(35-54-44-43(49)42(48)41(47)38(56-44)36-57(50,51)52)34-53-39(45)32-30-28-26-24-22-16-14-12-10-8-6-4-2/h5,7,11,13,17-18,37-38,41-44,47-49H,3-4,6,8-10,12,14-16,19-36H2,1-2H3,(H,50,51,52)/b7-5-,13-11-,18-17-. The van der Waals surface area contributed by atoms with Crippen LogP contribution in [0.3, 0.4) is 0 Å². The van der Waals surface area contributed by atoms with Gasteiger partial charge in [0.2, 0.25) is 0 Å². The van der Waals surface area contributed by atoms with E-state index in [0.29, 0.717) is 12.8 Å². The molecule has 1 rings (SSSR count). The molecule has 1 aliphatic heterocycles. The Bertz CT molecular complexity index is 1200. The smallest absolute Gasteiger partial charge is 0.306 e. The third kappa shape index (κ3) is 29.7. The van der Waals surface area contributed by atoms with E-state index in [4.69, 9.17) is 18.9 Å². The lowest BCUT2D eigenvalue weighted by molar-refractivity contribution is -0.297. The van der Waals surface area contributed by atoms with Crippen LogP contribution >= 0.6 is 0 Å². The lowest BCUT2D eigenvalue weighted by Crippen LogP contribution is -2.60. The Morgan fingerprint density at radius 2 is 1.11 bits per heavy atom. The van der Waals surface area contributed by atoms with Gasteiger partial charge in [-0.25, -0.2) is 0 Å². The van der Waals surface area contributed by atoms with E-state index >= 15 is 0 Å². The number of carbonyl (C=O) groups excluding carboxylic acids is 2. The molecule has 0 saturated carbocycles. The van der Waals surface area contributed by atoms with Crippen molar-refractivity contribution in [2.45, 2.75) is 211 Å². The first-order valence-electron chi connectivity index (χ1n) is 22.0. The molecular weight excluding hydrogens is 753 g/mol. The first-order chi connectivity index (χ1) is 27.5. The summed E-state index contributed by atoms with van der Waals surface area (Å²) in [4.78, 5) is 25.4. The van der Waals surface area contributed by atoms with Crippen LogP contribution in [0.15, 0.2) is 36.5 Å². The molecule has 332 valence electrons. The Morgan fingerprint density at radius 1 is 0.614 bits per heavy atom. The Hall–Kier alpha value is -2.13. The van der Waals surface area contributed by atoms with E-state index in [2.05, 4.69) is 50.3 Å². The number of carbonyl (C=O) groups is 2. The van der Waals surface area contributed by atoms with Crippen LogP contribution in [0.2, 0.25) is 0 Å². The van der Waals surface area contributed by atoms with Gasteiger partial charge in [0.1, 0.15) is 36.8 Å². The van der Waals surface area contributed by atoms with Gasteiger partial charge in [0, 0.05) is 12.8 Å². The zero-order chi connectivity index (χ0) is 42.0. The van der Waals surface area contributed by atoms with Crippen LogP contribution in [0, 0.1) is 0 Å². The zero-order valence-electron chi connectivity index (χ0n) is 35.2. The van der Waals surface area contributed by atoms with Crippen LogP contribution in [-0.2, 0) is 38.7 Å². The number of esters is 2. The molecule has 6 atom stereocenters. The van der Waals surface area contributed by atoms with E-state index in [1.807, 2.05) is 0 Å². The van der Waals surface area contributed by atoms with Gasteiger partial charge in [-0.1, -0.05) is 153 Å². The summed E-state index contributed by atoms with van der Waals surface area (Å²) < 4.78 is 54.0. The Labute approximate surface area is 344 Å². The SMILES string of the molecule is CC/C=C\C/C=C\C/C=C\CCCCCCCCCC(=O)OC(COC(=O)CCCCCCCCCCCCCC)COC1OC(CS(=O)(=O)O)C(O)C(O)C1O. The summed E-state index contributed by atoms with van der Waals surface area (Å²) >= 11 is 0. The summed E-state index contributed by atoms with van der Waals surface area (Å²) in [6, 6.07) is 0. The molecule has 0 bridgehead atoms. The molecule has 1 heterocycles. The minimum absolute atomic E-state index is 0.154. The second kappa shape index (κ2) is 34.7. The van der Waals surface area contributed by atoms with Crippen LogP contribution in [0.4, 0.5) is 0 Å². The van der Waals surface area contributed by atoms with Crippen molar-refractivity contribution in [3.63, 3.8) is 0 Å². The minimum atomic E-state index is -4.60. The highest BCUT2D eigenvalue weighted by molar-refractivity contribution is 7.85. The number of unbranched alkanes of at least 4 members (excludes halogenated alkanes) is 18. The summed E-state index contributed by atoms with van der Waals surface area (Å²) in [6.07, 6.45) is 29.0.